The van der Waals surface area contributed by atoms with Crippen LogP contribution in [0.25, 0.3) is 0 Å². The predicted octanol–water partition coefficient (Wildman–Crippen LogP) is -5.53. The molecule has 0 heterocycles. The number of alkyl halides is 6. The van der Waals surface area contributed by atoms with Crippen LogP contribution in [-0.4, -0.2) is 71.0 Å². The van der Waals surface area contributed by atoms with E-state index in [0.717, 1.165) is 12.6 Å². The SMILES string of the molecule is CNC(C(=O)O)C(F)(F)F.NC(C(=O)O)C(F)(F)F.O.O=C(Cl)OCc1ccccc1.O=CO[O-].[H-].[Na+].[Na+]. The fraction of sp³-hybridized carbons (Fsp3) is 0.375. The van der Waals surface area contributed by atoms with Crippen molar-refractivity contribution in [3.05, 3.63) is 35.9 Å². The Hall–Kier alpha value is -1.19. The average molecular weight is 597 g/mol. The van der Waals surface area contributed by atoms with Gasteiger partial charge in [-0.3, -0.25) is 19.7 Å². The molecule has 2 atom stereocenters. The number of aliphatic carboxylic acids is 2. The number of ether oxygens (including phenoxy) is 1. The molecule has 1 rings (SSSR count). The molecular formula is C16H21ClF6N2Na2O10. The molecule has 0 aromatic heterocycles. The Labute approximate surface area is 255 Å². The quantitative estimate of drug-likeness (QED) is 0.0606. The van der Waals surface area contributed by atoms with Gasteiger partial charge in [0.1, 0.15) is 6.61 Å². The van der Waals surface area contributed by atoms with Crippen LogP contribution < -0.4 is 75.4 Å². The summed E-state index contributed by atoms with van der Waals surface area (Å²) in [4.78, 5) is 40.7. The number of carboxylic acid groups (broad SMARTS) is 2. The molecule has 2 unspecified atom stereocenters. The Morgan fingerprint density at radius 2 is 1.49 bits per heavy atom. The minimum absolute atomic E-state index is 0. The molecular weight excluding hydrogens is 576 g/mol. The summed E-state index contributed by atoms with van der Waals surface area (Å²) in [6.45, 7) is 0.0587. The van der Waals surface area contributed by atoms with Crippen molar-refractivity contribution in [3.63, 3.8) is 0 Å². The van der Waals surface area contributed by atoms with Gasteiger partial charge in [0.25, 0.3) is 6.47 Å². The van der Waals surface area contributed by atoms with E-state index in [1.807, 2.05) is 30.3 Å². The van der Waals surface area contributed by atoms with Crippen LogP contribution in [-0.2, 0) is 30.6 Å². The van der Waals surface area contributed by atoms with Crippen molar-refractivity contribution in [2.24, 2.45) is 5.73 Å². The van der Waals surface area contributed by atoms with Crippen molar-refractivity contribution in [3.8, 4) is 0 Å². The molecule has 0 bridgehead atoms. The number of carbonyl (C=O) groups excluding carboxylic acids is 2. The molecule has 0 saturated carbocycles. The van der Waals surface area contributed by atoms with Gasteiger partial charge in [0.05, 0.1) is 0 Å². The van der Waals surface area contributed by atoms with Crippen molar-refractivity contribution in [1.29, 1.82) is 0 Å². The van der Waals surface area contributed by atoms with Crippen molar-refractivity contribution in [2.75, 3.05) is 7.05 Å². The van der Waals surface area contributed by atoms with Crippen LogP contribution in [0.3, 0.4) is 0 Å². The molecule has 0 aliphatic carbocycles. The Morgan fingerprint density at radius 3 is 1.65 bits per heavy atom. The van der Waals surface area contributed by atoms with Gasteiger partial charge in [0.15, 0.2) is 6.04 Å². The molecule has 206 valence electrons. The van der Waals surface area contributed by atoms with E-state index in [2.05, 4.69) is 15.4 Å². The van der Waals surface area contributed by atoms with Crippen LogP contribution >= 0.6 is 11.6 Å². The Balaban J connectivity index is -0.0000000678. The number of halogens is 7. The molecule has 0 aliphatic heterocycles. The van der Waals surface area contributed by atoms with Crippen LogP contribution in [0.4, 0.5) is 31.1 Å². The fourth-order valence-corrected chi connectivity index (χ4v) is 1.34. The first-order chi connectivity index (χ1) is 15.4. The molecule has 0 amide bonds. The summed E-state index contributed by atoms with van der Waals surface area (Å²) in [5, 5.41) is 25.6. The van der Waals surface area contributed by atoms with Crippen LogP contribution in [0.2, 0.25) is 0 Å². The molecule has 21 heteroatoms. The van der Waals surface area contributed by atoms with Gasteiger partial charge in [-0.25, -0.2) is 4.79 Å². The third-order valence-corrected chi connectivity index (χ3v) is 2.83. The first kappa shape index (κ1) is 48.8. The van der Waals surface area contributed by atoms with E-state index in [4.69, 9.17) is 31.9 Å². The molecule has 0 radical (unpaired) electrons. The second kappa shape index (κ2) is 26.4. The van der Waals surface area contributed by atoms with Crippen molar-refractivity contribution in [1.82, 2.24) is 5.32 Å². The van der Waals surface area contributed by atoms with E-state index in [1.54, 1.807) is 5.32 Å². The number of carbonyl (C=O) groups is 4. The fourth-order valence-electron chi connectivity index (χ4n) is 1.28. The third-order valence-electron chi connectivity index (χ3n) is 2.72. The first-order valence-corrected chi connectivity index (χ1v) is 8.43. The van der Waals surface area contributed by atoms with E-state index in [0.29, 0.717) is 0 Å². The molecule has 0 aliphatic rings. The number of likely N-dealkylation sites (N-methyl/N-ethyl adjacent to an activating group) is 1. The Morgan fingerprint density at radius 1 is 1.08 bits per heavy atom. The van der Waals surface area contributed by atoms with Gasteiger partial charge in [-0.1, -0.05) is 30.3 Å². The van der Waals surface area contributed by atoms with Crippen molar-refractivity contribution in [2.45, 2.75) is 31.0 Å². The van der Waals surface area contributed by atoms with Gasteiger partial charge in [0.2, 0.25) is 6.04 Å². The summed E-state index contributed by atoms with van der Waals surface area (Å²) in [5.74, 6) is -3.99. The summed E-state index contributed by atoms with van der Waals surface area (Å²) in [6.07, 6.45) is -9.56. The predicted molar refractivity (Wildman–Crippen MR) is 103 cm³/mol. The van der Waals surface area contributed by atoms with Gasteiger partial charge in [-0.2, -0.15) is 26.3 Å². The smallest absolute Gasteiger partial charge is 1.00 e. The van der Waals surface area contributed by atoms with Gasteiger partial charge in [-0.05, 0) is 12.6 Å². The molecule has 37 heavy (non-hydrogen) atoms. The van der Waals surface area contributed by atoms with E-state index in [-0.39, 0.29) is 79.1 Å². The summed E-state index contributed by atoms with van der Waals surface area (Å²) in [7, 11) is 0.937. The largest absolute Gasteiger partial charge is 1.00 e. The number of nitrogens with two attached hydrogens (primary N) is 1. The summed E-state index contributed by atoms with van der Waals surface area (Å²) in [5.41, 5.74) is 4.33. The van der Waals surface area contributed by atoms with E-state index in [1.165, 1.54) is 0 Å². The topological polar surface area (TPSA) is 220 Å². The monoisotopic (exact) mass is 596 g/mol. The molecule has 0 spiro atoms. The summed E-state index contributed by atoms with van der Waals surface area (Å²) < 4.78 is 72.7. The molecule has 1 aromatic rings. The maximum Gasteiger partial charge on any atom is 1.00 e. The molecule has 7 N–H and O–H groups in total. The number of benzene rings is 1. The van der Waals surface area contributed by atoms with Crippen molar-refractivity contribution >= 4 is 35.4 Å². The Kier molecular flexibility index (Phi) is 34.9. The number of rotatable bonds is 6. The molecule has 12 nitrogen and oxygen atoms in total. The molecule has 0 saturated heterocycles. The zero-order valence-corrected chi connectivity index (χ0v) is 24.1. The third kappa shape index (κ3) is 30.9. The average Bonchev–Trinajstić information content (AvgIpc) is 2.72. The van der Waals surface area contributed by atoms with Gasteiger partial charge >= 0.3 is 88.8 Å². The van der Waals surface area contributed by atoms with E-state index in [9.17, 15) is 40.7 Å². The van der Waals surface area contributed by atoms with E-state index >= 15 is 0 Å². The van der Waals surface area contributed by atoms with E-state index < -0.39 is 41.8 Å². The van der Waals surface area contributed by atoms with Gasteiger partial charge in [-0.15, -0.1) is 0 Å². The number of carboxylic acids is 2. The summed E-state index contributed by atoms with van der Waals surface area (Å²) in [6, 6.07) is 4.13. The number of nitrogens with one attached hydrogen (secondary N) is 1. The normalized spacial score (nSPS) is 11.0. The van der Waals surface area contributed by atoms with Crippen LogP contribution in [0.15, 0.2) is 30.3 Å². The maximum absolute atomic E-state index is 11.5. The second-order valence-electron chi connectivity index (χ2n) is 5.16. The second-order valence-corrected chi connectivity index (χ2v) is 5.47. The van der Waals surface area contributed by atoms with Crippen LogP contribution in [0.5, 0.6) is 0 Å². The minimum Gasteiger partial charge on any atom is -1.00 e. The van der Waals surface area contributed by atoms with Gasteiger partial charge in [0, 0.05) is 11.6 Å². The van der Waals surface area contributed by atoms with Gasteiger partial charge < -0.3 is 37.7 Å². The maximum atomic E-state index is 11.5. The van der Waals surface area contributed by atoms with Crippen LogP contribution in [0.1, 0.15) is 6.99 Å². The van der Waals surface area contributed by atoms with Crippen LogP contribution in [0, 0.1) is 0 Å². The zero-order chi connectivity index (χ0) is 27.5. The number of hydrogen-bond acceptors (Lipinski definition) is 9. The van der Waals surface area contributed by atoms with Crippen molar-refractivity contribution < 1.29 is 137 Å². The minimum atomic E-state index is -4.84. The molecule has 0 fully saturated rings. The summed E-state index contributed by atoms with van der Waals surface area (Å²) >= 11 is 4.97. The standard InChI is InChI=1S/C8H7ClO2.C4H6F3NO2.C3H4F3NO2.CH2O3.2Na.H2O.H/c9-8(10)11-6-7-4-2-1-3-5-7;1-8-2(3(9)10)4(5,6)7;4-3(5,6)1(7)2(8)9;2-1-4-3;;;;/h1-5H,6H2;2,8H,1H3,(H,9,10);1H,7H2,(H,8,9);1,3H;;;1H2;/q;;;;2*+1;;-1/p-1. The zero-order valence-electron chi connectivity index (χ0n) is 20.3. The first-order valence-electron chi connectivity index (χ1n) is 8.05. The Bertz CT molecular complexity index is 756. The molecule has 1 aromatic carbocycles. The number of hydrogen-bond donors (Lipinski definition) is 4.